The number of hydrogen-bond acceptors (Lipinski definition) is 4. The Hall–Kier alpha value is -1.66. The van der Waals surface area contributed by atoms with Gasteiger partial charge in [0.05, 0.1) is 11.4 Å². The van der Waals surface area contributed by atoms with Gasteiger partial charge in [-0.3, -0.25) is 0 Å². The molecule has 1 aromatic carbocycles. The van der Waals surface area contributed by atoms with E-state index in [-0.39, 0.29) is 5.75 Å². The van der Waals surface area contributed by atoms with Gasteiger partial charge < -0.3 is 4.42 Å². The van der Waals surface area contributed by atoms with Crippen LogP contribution in [0.2, 0.25) is 0 Å². The van der Waals surface area contributed by atoms with Crippen LogP contribution in [0.25, 0.3) is 0 Å². The molecule has 2 rings (SSSR count). The van der Waals surface area contributed by atoms with E-state index in [1.54, 1.807) is 0 Å². The van der Waals surface area contributed by atoms with Crippen LogP contribution in [0.15, 0.2) is 41.3 Å². The van der Waals surface area contributed by atoms with Crippen molar-refractivity contribution in [3.63, 3.8) is 0 Å². The fraction of sp³-hybridized carbons (Fsp3) is 0.308. The number of aromatic nitrogens is 1. The molecule has 0 aliphatic heterocycles. The third kappa shape index (κ3) is 4.18. The molecule has 102 valence electrons. The summed E-state index contributed by atoms with van der Waals surface area (Å²) in [4.78, 5) is 3.93. The minimum atomic E-state index is -3.32. The lowest BCUT2D eigenvalue weighted by molar-refractivity contribution is 0.555. The van der Waals surface area contributed by atoms with Crippen LogP contribution in [0.4, 0.5) is 0 Å². The van der Waals surface area contributed by atoms with Crippen molar-refractivity contribution in [2.45, 2.75) is 19.1 Å². The molecule has 0 bridgehead atoms. The molecule has 0 aliphatic rings. The lowest BCUT2D eigenvalue weighted by Crippen LogP contribution is -2.27. The molecule has 0 saturated heterocycles. The summed E-state index contributed by atoms with van der Waals surface area (Å²) in [6.07, 6.45) is 3.36. The van der Waals surface area contributed by atoms with Gasteiger partial charge in [-0.25, -0.2) is 18.1 Å². The Morgan fingerprint density at radius 1 is 1.32 bits per heavy atom. The molecule has 2 aromatic rings. The zero-order valence-electron chi connectivity index (χ0n) is 10.7. The zero-order valence-corrected chi connectivity index (χ0v) is 11.5. The molecule has 0 radical (unpaired) electrons. The monoisotopic (exact) mass is 280 g/mol. The molecule has 0 aliphatic carbocycles. The van der Waals surface area contributed by atoms with Crippen molar-refractivity contribution in [3.8, 4) is 0 Å². The first-order chi connectivity index (χ1) is 9.07. The molecule has 0 amide bonds. The van der Waals surface area contributed by atoms with Crippen molar-refractivity contribution in [3.05, 3.63) is 53.7 Å². The Morgan fingerprint density at radius 3 is 2.79 bits per heavy atom. The number of nitrogens with zero attached hydrogens (tertiary/aromatic N) is 1. The van der Waals surface area contributed by atoms with Gasteiger partial charge in [0, 0.05) is 13.0 Å². The predicted octanol–water partition coefficient (Wildman–Crippen LogP) is 1.65. The first-order valence-corrected chi connectivity index (χ1v) is 7.61. The van der Waals surface area contributed by atoms with E-state index in [0.717, 1.165) is 16.8 Å². The minimum absolute atomic E-state index is 0.00150. The van der Waals surface area contributed by atoms with Crippen molar-refractivity contribution in [1.29, 1.82) is 0 Å². The topological polar surface area (TPSA) is 72.2 Å². The van der Waals surface area contributed by atoms with Gasteiger partial charge in [-0.2, -0.15) is 0 Å². The average Bonchev–Trinajstić information content (AvgIpc) is 2.85. The average molecular weight is 280 g/mol. The van der Waals surface area contributed by atoms with E-state index in [4.69, 9.17) is 4.42 Å². The van der Waals surface area contributed by atoms with E-state index >= 15 is 0 Å². The Morgan fingerprint density at radius 2 is 2.11 bits per heavy atom. The smallest absolute Gasteiger partial charge is 0.215 e. The molecule has 0 unspecified atom stereocenters. The number of hydrogen-bond donors (Lipinski definition) is 1. The summed E-state index contributed by atoms with van der Waals surface area (Å²) in [6.45, 7) is 2.22. The number of aryl methyl sites for hydroxylation is 1. The van der Waals surface area contributed by atoms with Gasteiger partial charge >= 0.3 is 0 Å². The maximum absolute atomic E-state index is 11.9. The highest BCUT2D eigenvalue weighted by molar-refractivity contribution is 7.88. The van der Waals surface area contributed by atoms with Crippen molar-refractivity contribution in [2.75, 3.05) is 6.54 Å². The van der Waals surface area contributed by atoms with E-state index in [2.05, 4.69) is 9.71 Å². The van der Waals surface area contributed by atoms with Gasteiger partial charge in [0.2, 0.25) is 10.0 Å². The number of sulfonamides is 1. The molecule has 1 heterocycles. The highest BCUT2D eigenvalue weighted by atomic mass is 32.2. The first-order valence-electron chi connectivity index (χ1n) is 5.96. The fourth-order valence-corrected chi connectivity index (χ4v) is 2.97. The maximum atomic E-state index is 11.9. The maximum Gasteiger partial charge on any atom is 0.215 e. The standard InChI is InChI=1S/C13H16N2O3S/c1-11-4-2-3-5-12(11)9-19(16,17)15-7-6-13-8-18-10-14-13/h2-5,8,10,15H,6-7,9H2,1H3. The van der Waals surface area contributed by atoms with E-state index in [0.29, 0.717) is 13.0 Å². The molecule has 6 heteroatoms. The minimum Gasteiger partial charge on any atom is -0.451 e. The van der Waals surface area contributed by atoms with Crippen LogP contribution in [-0.4, -0.2) is 19.9 Å². The van der Waals surface area contributed by atoms with E-state index in [1.165, 1.54) is 12.7 Å². The van der Waals surface area contributed by atoms with Crippen LogP contribution in [0, 0.1) is 6.92 Å². The largest absolute Gasteiger partial charge is 0.451 e. The normalized spacial score (nSPS) is 11.6. The van der Waals surface area contributed by atoms with Gasteiger partial charge in [0.15, 0.2) is 6.39 Å². The third-order valence-electron chi connectivity index (χ3n) is 2.79. The number of nitrogens with one attached hydrogen (secondary N) is 1. The molecule has 1 N–H and O–H groups in total. The number of rotatable bonds is 6. The third-order valence-corrected chi connectivity index (χ3v) is 4.13. The van der Waals surface area contributed by atoms with Gasteiger partial charge in [-0.05, 0) is 18.1 Å². The molecular weight excluding hydrogens is 264 g/mol. The number of oxazole rings is 1. The molecule has 0 fully saturated rings. The summed E-state index contributed by atoms with van der Waals surface area (Å²) in [7, 11) is -3.32. The van der Waals surface area contributed by atoms with Crippen LogP contribution in [0.1, 0.15) is 16.8 Å². The van der Waals surface area contributed by atoms with E-state index in [1.807, 2.05) is 31.2 Å². The number of benzene rings is 1. The van der Waals surface area contributed by atoms with E-state index < -0.39 is 10.0 Å². The van der Waals surface area contributed by atoms with Crippen molar-refractivity contribution in [2.24, 2.45) is 0 Å². The van der Waals surface area contributed by atoms with Gasteiger partial charge in [0.1, 0.15) is 6.26 Å². The van der Waals surface area contributed by atoms with Crippen LogP contribution >= 0.6 is 0 Å². The summed E-state index contributed by atoms with van der Waals surface area (Å²) in [5.41, 5.74) is 2.53. The van der Waals surface area contributed by atoms with Gasteiger partial charge in [-0.15, -0.1) is 0 Å². The molecule has 0 saturated carbocycles. The molecule has 1 aromatic heterocycles. The molecule has 19 heavy (non-hydrogen) atoms. The second-order valence-electron chi connectivity index (χ2n) is 4.31. The Bertz CT molecular complexity index is 621. The Balaban J connectivity index is 1.90. The Labute approximate surface area is 112 Å². The summed E-state index contributed by atoms with van der Waals surface area (Å²) in [6, 6.07) is 7.46. The fourth-order valence-electron chi connectivity index (χ4n) is 1.72. The lowest BCUT2D eigenvalue weighted by Gasteiger charge is -2.08. The quantitative estimate of drug-likeness (QED) is 0.873. The summed E-state index contributed by atoms with van der Waals surface area (Å²) >= 11 is 0. The summed E-state index contributed by atoms with van der Waals surface area (Å²) < 4.78 is 31.2. The molecule has 5 nitrogen and oxygen atoms in total. The van der Waals surface area contributed by atoms with Gasteiger partial charge in [0.25, 0.3) is 0 Å². The highest BCUT2D eigenvalue weighted by Crippen LogP contribution is 2.10. The SMILES string of the molecule is Cc1ccccc1CS(=O)(=O)NCCc1cocn1. The summed E-state index contributed by atoms with van der Waals surface area (Å²) in [5.74, 6) is -0.00150. The van der Waals surface area contributed by atoms with Crippen LogP contribution in [0.5, 0.6) is 0 Å². The van der Waals surface area contributed by atoms with Crippen LogP contribution in [0.3, 0.4) is 0 Å². The van der Waals surface area contributed by atoms with E-state index in [9.17, 15) is 8.42 Å². The van der Waals surface area contributed by atoms with Crippen LogP contribution in [-0.2, 0) is 22.2 Å². The second kappa shape index (κ2) is 5.99. The Kier molecular flexibility index (Phi) is 4.34. The lowest BCUT2D eigenvalue weighted by atomic mass is 10.1. The zero-order chi connectivity index (χ0) is 13.7. The predicted molar refractivity (Wildman–Crippen MR) is 72.0 cm³/mol. The molecule has 0 atom stereocenters. The first kappa shape index (κ1) is 13.8. The van der Waals surface area contributed by atoms with Crippen molar-refractivity contribution >= 4 is 10.0 Å². The summed E-state index contributed by atoms with van der Waals surface area (Å²) in [5, 5.41) is 0. The van der Waals surface area contributed by atoms with Crippen molar-refractivity contribution < 1.29 is 12.8 Å². The van der Waals surface area contributed by atoms with Crippen LogP contribution < -0.4 is 4.72 Å². The second-order valence-corrected chi connectivity index (χ2v) is 6.12. The van der Waals surface area contributed by atoms with Crippen molar-refractivity contribution in [1.82, 2.24) is 9.71 Å². The molecule has 0 spiro atoms. The highest BCUT2D eigenvalue weighted by Gasteiger charge is 2.12. The molecular formula is C13H16N2O3S. The van der Waals surface area contributed by atoms with Gasteiger partial charge in [-0.1, -0.05) is 24.3 Å².